The van der Waals surface area contributed by atoms with Crippen LogP contribution < -0.4 is 18.9 Å². The molecular formula is C9H17Li. The molecule has 0 spiro atoms. The minimum absolute atomic E-state index is 0. The molecule has 0 bridgehead atoms. The van der Waals surface area contributed by atoms with Crippen LogP contribution in [-0.2, 0) is 0 Å². The molecule has 10 heavy (non-hydrogen) atoms. The van der Waals surface area contributed by atoms with Crippen molar-refractivity contribution in [2.75, 3.05) is 0 Å². The van der Waals surface area contributed by atoms with Crippen molar-refractivity contribution in [3.8, 4) is 0 Å². The summed E-state index contributed by atoms with van der Waals surface area (Å²) in [6.45, 7) is 10.3. The van der Waals surface area contributed by atoms with Gasteiger partial charge in [-0.25, -0.2) is 18.6 Å². The second kappa shape index (κ2) is 7.32. The topological polar surface area (TPSA) is 0 Å². The summed E-state index contributed by atoms with van der Waals surface area (Å²) in [6, 6.07) is 0. The van der Waals surface area contributed by atoms with Gasteiger partial charge in [0.25, 0.3) is 0 Å². The van der Waals surface area contributed by atoms with Gasteiger partial charge in [0.15, 0.2) is 0 Å². The Hall–Kier alpha value is 0.207. The fourth-order valence-corrected chi connectivity index (χ4v) is 0.569. The zero-order valence-electron chi connectivity index (χ0n) is 7.78. The van der Waals surface area contributed by atoms with E-state index in [0.29, 0.717) is 0 Å². The van der Waals surface area contributed by atoms with Crippen LogP contribution >= 0.6 is 0 Å². The van der Waals surface area contributed by atoms with Crippen molar-refractivity contribution in [2.45, 2.75) is 33.6 Å². The third-order valence-corrected chi connectivity index (χ3v) is 1.57. The van der Waals surface area contributed by atoms with Gasteiger partial charge >= 0.3 is 18.9 Å². The van der Waals surface area contributed by atoms with Gasteiger partial charge in [-0.15, -0.1) is 0 Å². The molecule has 1 heteroatoms. The molecule has 0 aromatic heterocycles. The van der Waals surface area contributed by atoms with Crippen LogP contribution in [0.2, 0.25) is 0 Å². The first-order valence-electron chi connectivity index (χ1n) is 3.65. The maximum absolute atomic E-state index is 3.81. The van der Waals surface area contributed by atoms with Gasteiger partial charge in [0.05, 0.1) is 0 Å². The number of hydrogen-bond donors (Lipinski definition) is 0. The largest absolute Gasteiger partial charge is 1.00 e. The predicted octanol–water partition coefficient (Wildman–Crippen LogP) is 0.207. The molecule has 0 nitrogen and oxygen atoms in total. The van der Waals surface area contributed by atoms with Gasteiger partial charge in [0.2, 0.25) is 0 Å². The Bertz CT molecular complexity index is 90.9. The van der Waals surface area contributed by atoms with E-state index in [-0.39, 0.29) is 18.9 Å². The molecule has 0 aromatic rings. The Kier molecular flexibility index (Phi) is 9.40. The van der Waals surface area contributed by atoms with Gasteiger partial charge in [-0.1, -0.05) is 39.5 Å². The van der Waals surface area contributed by atoms with Crippen molar-refractivity contribution >= 4 is 0 Å². The van der Waals surface area contributed by atoms with Crippen LogP contribution in [0.1, 0.15) is 33.6 Å². The summed E-state index contributed by atoms with van der Waals surface area (Å²) in [5, 5.41) is 0. The molecule has 0 aliphatic rings. The van der Waals surface area contributed by atoms with Crippen LogP contribution in [0, 0.1) is 12.8 Å². The SMILES string of the molecule is [CH2-]/C(C)=C\CC(C)CC.[Li+]. The van der Waals surface area contributed by atoms with E-state index in [2.05, 4.69) is 26.8 Å². The zero-order chi connectivity index (χ0) is 7.28. The van der Waals surface area contributed by atoms with Gasteiger partial charge < -0.3 is 0 Å². The van der Waals surface area contributed by atoms with Gasteiger partial charge in [-0.3, -0.25) is 0 Å². The summed E-state index contributed by atoms with van der Waals surface area (Å²) < 4.78 is 0. The number of hydrogen-bond acceptors (Lipinski definition) is 0. The third-order valence-electron chi connectivity index (χ3n) is 1.57. The summed E-state index contributed by atoms with van der Waals surface area (Å²) in [5.41, 5.74) is 1.19. The first kappa shape index (κ1) is 12.8. The van der Waals surface area contributed by atoms with Crippen molar-refractivity contribution in [1.29, 1.82) is 0 Å². The standard InChI is InChI=1S/C9H17.Li/c1-5-9(4)7-6-8(2)3;/h6,9H,2,5,7H2,1,3-4H3;/q-1;+1/b8-6+;. The zero-order valence-corrected chi connectivity index (χ0v) is 7.78. The first-order valence-corrected chi connectivity index (χ1v) is 3.65. The maximum Gasteiger partial charge on any atom is 1.00 e. The van der Waals surface area contributed by atoms with Crippen LogP contribution in [0.15, 0.2) is 11.6 Å². The minimum Gasteiger partial charge on any atom is -0.242 e. The van der Waals surface area contributed by atoms with E-state index in [4.69, 9.17) is 0 Å². The average molecular weight is 132 g/mol. The van der Waals surface area contributed by atoms with Crippen molar-refractivity contribution in [3.63, 3.8) is 0 Å². The Morgan fingerprint density at radius 2 is 2.10 bits per heavy atom. The smallest absolute Gasteiger partial charge is 0.242 e. The van der Waals surface area contributed by atoms with E-state index in [9.17, 15) is 0 Å². The molecule has 0 aromatic carbocycles. The van der Waals surface area contributed by atoms with E-state index < -0.39 is 0 Å². The predicted molar refractivity (Wildman–Crippen MR) is 43.2 cm³/mol. The Morgan fingerprint density at radius 3 is 2.40 bits per heavy atom. The molecule has 0 fully saturated rings. The molecule has 0 saturated heterocycles. The van der Waals surface area contributed by atoms with Crippen LogP contribution in [-0.4, -0.2) is 0 Å². The van der Waals surface area contributed by atoms with Crippen LogP contribution in [0.25, 0.3) is 0 Å². The summed E-state index contributed by atoms with van der Waals surface area (Å²) in [4.78, 5) is 0. The molecule has 0 aliphatic carbocycles. The number of rotatable bonds is 3. The van der Waals surface area contributed by atoms with E-state index in [1.807, 2.05) is 6.92 Å². The average Bonchev–Trinajstić information content (AvgIpc) is 1.83. The molecule has 54 valence electrons. The summed E-state index contributed by atoms with van der Waals surface area (Å²) >= 11 is 0. The molecule has 0 amide bonds. The molecule has 0 aliphatic heterocycles. The third kappa shape index (κ3) is 8.21. The Labute approximate surface area is 77.3 Å². The summed E-state index contributed by atoms with van der Waals surface area (Å²) in [6.07, 6.45) is 4.66. The quantitative estimate of drug-likeness (QED) is 0.380. The molecular weight excluding hydrogens is 115 g/mol. The second-order valence-electron chi connectivity index (χ2n) is 2.80. The minimum atomic E-state index is 0. The second-order valence-corrected chi connectivity index (χ2v) is 2.80. The molecule has 0 saturated carbocycles. The van der Waals surface area contributed by atoms with Crippen LogP contribution in [0.4, 0.5) is 0 Å². The van der Waals surface area contributed by atoms with Gasteiger partial charge in [-0.05, 0) is 0 Å². The fourth-order valence-electron chi connectivity index (χ4n) is 0.569. The molecule has 1 unspecified atom stereocenters. The summed E-state index contributed by atoms with van der Waals surface area (Å²) in [5.74, 6) is 0.821. The molecule has 0 N–H and O–H groups in total. The monoisotopic (exact) mass is 132 g/mol. The molecule has 1 atom stereocenters. The van der Waals surface area contributed by atoms with Crippen molar-refractivity contribution in [2.24, 2.45) is 5.92 Å². The van der Waals surface area contributed by atoms with Gasteiger partial charge in [-0.2, -0.15) is 0 Å². The van der Waals surface area contributed by atoms with E-state index >= 15 is 0 Å². The van der Waals surface area contributed by atoms with Crippen molar-refractivity contribution in [1.82, 2.24) is 0 Å². The molecule has 0 rings (SSSR count). The van der Waals surface area contributed by atoms with Crippen LogP contribution in [0.5, 0.6) is 0 Å². The van der Waals surface area contributed by atoms with Gasteiger partial charge in [0.1, 0.15) is 0 Å². The van der Waals surface area contributed by atoms with Gasteiger partial charge in [0, 0.05) is 0 Å². The fraction of sp³-hybridized carbons (Fsp3) is 0.667. The van der Waals surface area contributed by atoms with Crippen molar-refractivity contribution < 1.29 is 18.9 Å². The van der Waals surface area contributed by atoms with Crippen LogP contribution in [0.3, 0.4) is 0 Å². The van der Waals surface area contributed by atoms with Crippen molar-refractivity contribution in [3.05, 3.63) is 18.6 Å². The Balaban J connectivity index is 0. The molecule has 0 radical (unpaired) electrons. The van der Waals surface area contributed by atoms with E-state index in [0.717, 1.165) is 5.92 Å². The summed E-state index contributed by atoms with van der Waals surface area (Å²) in [7, 11) is 0. The normalized spacial score (nSPS) is 14.1. The maximum atomic E-state index is 3.81. The van der Waals surface area contributed by atoms with E-state index in [1.54, 1.807) is 0 Å². The van der Waals surface area contributed by atoms with E-state index in [1.165, 1.54) is 18.4 Å². The molecule has 0 heterocycles. The first-order chi connectivity index (χ1) is 4.16. The number of allylic oxidation sites excluding steroid dienone is 2. The Morgan fingerprint density at radius 1 is 1.60 bits per heavy atom.